The molecule has 0 bridgehead atoms. The highest BCUT2D eigenvalue weighted by molar-refractivity contribution is 7.80. The summed E-state index contributed by atoms with van der Waals surface area (Å²) in [5.41, 5.74) is 3.82. The Morgan fingerprint density at radius 3 is 2.61 bits per heavy atom. The molecular weight excluding hydrogens is 428 g/mol. The maximum Gasteiger partial charge on any atom is 0.341 e. The Morgan fingerprint density at radius 1 is 1.26 bits per heavy atom. The SMILES string of the molecule is COC(=O)c1c(NC(=S)NC(=O)Cc2ccccc2C)sc2c1CCC(C(C)(C)C)C2. The van der Waals surface area contributed by atoms with Crippen LogP contribution < -0.4 is 10.6 Å². The summed E-state index contributed by atoms with van der Waals surface area (Å²) in [6.45, 7) is 8.75. The van der Waals surface area contributed by atoms with E-state index in [0.717, 1.165) is 36.0 Å². The number of hydrogen-bond donors (Lipinski definition) is 2. The summed E-state index contributed by atoms with van der Waals surface area (Å²) in [4.78, 5) is 26.2. The summed E-state index contributed by atoms with van der Waals surface area (Å²) in [7, 11) is 1.39. The number of aryl methyl sites for hydroxylation is 1. The predicted molar refractivity (Wildman–Crippen MR) is 130 cm³/mol. The second-order valence-corrected chi connectivity index (χ2v) is 10.6. The van der Waals surface area contributed by atoms with Crippen molar-refractivity contribution in [1.29, 1.82) is 0 Å². The van der Waals surface area contributed by atoms with Gasteiger partial charge in [-0.05, 0) is 66.4 Å². The molecule has 1 atom stereocenters. The Labute approximate surface area is 193 Å². The van der Waals surface area contributed by atoms with Gasteiger partial charge in [0.2, 0.25) is 5.91 Å². The van der Waals surface area contributed by atoms with Crippen LogP contribution in [-0.4, -0.2) is 24.1 Å². The summed E-state index contributed by atoms with van der Waals surface area (Å²) in [5.74, 6) is -0.0125. The largest absolute Gasteiger partial charge is 0.465 e. The predicted octanol–water partition coefficient (Wildman–Crippen LogP) is 5.05. The fraction of sp³-hybridized carbons (Fsp3) is 0.458. The normalized spacial score (nSPS) is 15.7. The lowest BCUT2D eigenvalue weighted by atomic mass is 9.72. The Morgan fingerprint density at radius 2 is 1.97 bits per heavy atom. The van der Waals surface area contributed by atoms with Crippen LogP contribution in [0.25, 0.3) is 0 Å². The number of carbonyl (C=O) groups excluding carboxylic acids is 2. The Balaban J connectivity index is 1.75. The molecular formula is C24H30N2O3S2. The number of thiophene rings is 1. The maximum atomic E-state index is 12.5. The number of anilines is 1. The first kappa shape index (κ1) is 23.4. The number of carbonyl (C=O) groups is 2. The number of thiocarbonyl (C=S) groups is 1. The van der Waals surface area contributed by atoms with Gasteiger partial charge < -0.3 is 15.4 Å². The number of hydrogen-bond acceptors (Lipinski definition) is 5. The average Bonchev–Trinajstić information content (AvgIpc) is 3.05. The lowest BCUT2D eigenvalue weighted by Crippen LogP contribution is -2.35. The lowest BCUT2D eigenvalue weighted by Gasteiger charge is -2.33. The number of amides is 1. The summed E-state index contributed by atoms with van der Waals surface area (Å²) in [6.07, 6.45) is 3.05. The van der Waals surface area contributed by atoms with Crippen LogP contribution in [0.5, 0.6) is 0 Å². The molecule has 2 N–H and O–H groups in total. The summed E-state index contributed by atoms with van der Waals surface area (Å²) in [6, 6.07) is 7.76. The maximum absolute atomic E-state index is 12.5. The molecule has 1 heterocycles. The molecule has 1 unspecified atom stereocenters. The molecule has 3 rings (SSSR count). The zero-order valence-electron chi connectivity index (χ0n) is 18.8. The van der Waals surface area contributed by atoms with Gasteiger partial charge in [-0.2, -0.15) is 0 Å². The van der Waals surface area contributed by atoms with E-state index < -0.39 is 0 Å². The van der Waals surface area contributed by atoms with E-state index >= 15 is 0 Å². The first-order valence-electron chi connectivity index (χ1n) is 10.5. The molecule has 0 saturated carbocycles. The molecule has 1 aromatic carbocycles. The highest BCUT2D eigenvalue weighted by Gasteiger charge is 2.34. The van der Waals surface area contributed by atoms with E-state index in [4.69, 9.17) is 17.0 Å². The summed E-state index contributed by atoms with van der Waals surface area (Å²) >= 11 is 6.91. The number of fused-ring (bicyclic) bond motifs is 1. The first-order chi connectivity index (χ1) is 14.6. The molecule has 1 amide bonds. The Bertz CT molecular complexity index is 1000. The van der Waals surface area contributed by atoms with Crippen molar-refractivity contribution in [1.82, 2.24) is 5.32 Å². The van der Waals surface area contributed by atoms with Crippen molar-refractivity contribution in [2.45, 2.75) is 53.4 Å². The summed E-state index contributed by atoms with van der Waals surface area (Å²) < 4.78 is 5.05. The topological polar surface area (TPSA) is 67.4 Å². The first-order valence-corrected chi connectivity index (χ1v) is 11.7. The third-order valence-electron chi connectivity index (χ3n) is 5.97. The van der Waals surface area contributed by atoms with Crippen LogP contribution in [-0.2, 0) is 28.8 Å². The van der Waals surface area contributed by atoms with Gasteiger partial charge in [-0.15, -0.1) is 11.3 Å². The minimum absolute atomic E-state index is 0.190. The van der Waals surface area contributed by atoms with Crippen molar-refractivity contribution >= 4 is 45.5 Å². The number of esters is 1. The van der Waals surface area contributed by atoms with Crippen molar-refractivity contribution < 1.29 is 14.3 Å². The summed E-state index contributed by atoms with van der Waals surface area (Å²) in [5, 5.41) is 6.66. The second-order valence-electron chi connectivity index (χ2n) is 9.11. The zero-order chi connectivity index (χ0) is 22.8. The van der Waals surface area contributed by atoms with Gasteiger partial charge in [0.05, 0.1) is 19.1 Å². The highest BCUT2D eigenvalue weighted by Crippen LogP contribution is 2.44. The molecule has 2 aromatic rings. The van der Waals surface area contributed by atoms with Crippen LogP contribution in [0.15, 0.2) is 24.3 Å². The van der Waals surface area contributed by atoms with Gasteiger partial charge >= 0.3 is 5.97 Å². The number of benzene rings is 1. The minimum Gasteiger partial charge on any atom is -0.465 e. The molecule has 0 saturated heterocycles. The van der Waals surface area contributed by atoms with E-state index in [2.05, 4.69) is 31.4 Å². The lowest BCUT2D eigenvalue weighted by molar-refractivity contribution is -0.119. The van der Waals surface area contributed by atoms with Gasteiger partial charge in [0.1, 0.15) is 5.00 Å². The van der Waals surface area contributed by atoms with Gasteiger partial charge in [0.15, 0.2) is 5.11 Å². The average molecular weight is 459 g/mol. The van der Waals surface area contributed by atoms with Gasteiger partial charge in [0.25, 0.3) is 0 Å². The van der Waals surface area contributed by atoms with Crippen molar-refractivity contribution in [2.75, 3.05) is 12.4 Å². The standard InChI is InChI=1S/C24H30N2O3S2/c1-14-8-6-7-9-15(14)12-19(27)25-23(30)26-21-20(22(28)29-5)17-11-10-16(24(2,3)4)13-18(17)31-21/h6-9,16H,10-13H2,1-5H3,(H2,25,26,27,30). The molecule has 0 fully saturated rings. The van der Waals surface area contributed by atoms with E-state index in [1.54, 1.807) is 0 Å². The van der Waals surface area contributed by atoms with Crippen molar-refractivity contribution in [2.24, 2.45) is 11.3 Å². The van der Waals surface area contributed by atoms with Crippen LogP contribution >= 0.6 is 23.6 Å². The van der Waals surface area contributed by atoms with Crippen LogP contribution in [0.2, 0.25) is 0 Å². The third kappa shape index (κ3) is 5.52. The Kier molecular flexibility index (Phi) is 7.17. The molecule has 166 valence electrons. The molecule has 0 aliphatic heterocycles. The van der Waals surface area contributed by atoms with E-state index in [9.17, 15) is 9.59 Å². The van der Waals surface area contributed by atoms with Crippen LogP contribution in [0, 0.1) is 18.3 Å². The molecule has 31 heavy (non-hydrogen) atoms. The number of rotatable bonds is 4. The monoisotopic (exact) mass is 458 g/mol. The van der Waals surface area contributed by atoms with Crippen LogP contribution in [0.3, 0.4) is 0 Å². The number of methoxy groups -OCH3 is 1. The van der Waals surface area contributed by atoms with Crippen molar-refractivity contribution in [3.63, 3.8) is 0 Å². The fourth-order valence-corrected chi connectivity index (χ4v) is 5.62. The van der Waals surface area contributed by atoms with E-state index in [1.807, 2.05) is 31.2 Å². The van der Waals surface area contributed by atoms with Crippen molar-refractivity contribution in [3.05, 3.63) is 51.4 Å². The molecule has 0 radical (unpaired) electrons. The molecule has 1 aliphatic carbocycles. The van der Waals surface area contributed by atoms with Gasteiger partial charge in [0, 0.05) is 4.88 Å². The highest BCUT2D eigenvalue weighted by atomic mass is 32.1. The molecule has 1 aliphatic rings. The Hall–Kier alpha value is -2.25. The molecule has 1 aromatic heterocycles. The van der Waals surface area contributed by atoms with E-state index in [1.165, 1.54) is 23.3 Å². The fourth-order valence-electron chi connectivity index (χ4n) is 4.02. The third-order valence-corrected chi connectivity index (χ3v) is 7.35. The molecule has 5 nitrogen and oxygen atoms in total. The second kappa shape index (κ2) is 9.49. The van der Waals surface area contributed by atoms with Gasteiger partial charge in [-0.25, -0.2) is 4.79 Å². The van der Waals surface area contributed by atoms with Crippen molar-refractivity contribution in [3.8, 4) is 0 Å². The minimum atomic E-state index is -0.372. The van der Waals surface area contributed by atoms with Gasteiger partial charge in [-0.1, -0.05) is 45.0 Å². The van der Waals surface area contributed by atoms with Crippen LogP contribution in [0.4, 0.5) is 5.00 Å². The van der Waals surface area contributed by atoms with E-state index in [-0.39, 0.29) is 28.8 Å². The number of nitrogens with one attached hydrogen (secondary N) is 2. The zero-order valence-corrected chi connectivity index (χ0v) is 20.4. The van der Waals surface area contributed by atoms with E-state index in [0.29, 0.717) is 16.5 Å². The number of ether oxygens (including phenoxy) is 1. The smallest absolute Gasteiger partial charge is 0.341 e. The molecule has 7 heteroatoms. The quantitative estimate of drug-likeness (QED) is 0.496. The molecule has 0 spiro atoms. The van der Waals surface area contributed by atoms with Crippen LogP contribution in [0.1, 0.15) is 59.1 Å². The van der Waals surface area contributed by atoms with Gasteiger partial charge in [-0.3, -0.25) is 4.79 Å².